The van der Waals surface area contributed by atoms with Crippen LogP contribution in [0.1, 0.15) is 52.4 Å². The van der Waals surface area contributed by atoms with Crippen LogP contribution in [0.2, 0.25) is 0 Å². The molecule has 2 fully saturated rings. The first-order valence-electron chi connectivity index (χ1n) is 8.33. The van der Waals surface area contributed by atoms with E-state index in [4.69, 9.17) is 0 Å². The third-order valence-electron chi connectivity index (χ3n) is 4.94. The highest BCUT2D eigenvalue weighted by molar-refractivity contribution is 4.92. The predicted molar refractivity (Wildman–Crippen MR) is 81.7 cm³/mol. The van der Waals surface area contributed by atoms with Crippen LogP contribution in [0.4, 0.5) is 0 Å². The number of hydrogen-bond donors (Lipinski definition) is 3. The average Bonchev–Trinajstić information content (AvgIpc) is 2.60. The molecule has 1 aliphatic carbocycles. The fourth-order valence-corrected chi connectivity index (χ4v) is 3.74. The first-order valence-corrected chi connectivity index (χ1v) is 8.33. The zero-order chi connectivity index (χ0) is 14.6. The van der Waals surface area contributed by atoms with Crippen LogP contribution in [0.25, 0.3) is 0 Å². The number of nitrogens with zero attached hydrogens (tertiary/aromatic N) is 1. The Morgan fingerprint density at radius 1 is 1.05 bits per heavy atom. The van der Waals surface area contributed by atoms with E-state index in [0.717, 1.165) is 13.1 Å². The molecule has 0 radical (unpaired) electrons. The zero-order valence-electron chi connectivity index (χ0n) is 13.1. The number of aliphatic hydroxyl groups excluding tert-OH is 2. The first kappa shape index (κ1) is 16.2. The van der Waals surface area contributed by atoms with Crippen molar-refractivity contribution in [2.24, 2.45) is 5.41 Å². The molecule has 4 nitrogen and oxygen atoms in total. The van der Waals surface area contributed by atoms with Gasteiger partial charge in [-0.1, -0.05) is 39.5 Å². The van der Waals surface area contributed by atoms with Crippen LogP contribution in [0.3, 0.4) is 0 Å². The second-order valence-electron chi connectivity index (χ2n) is 7.28. The van der Waals surface area contributed by atoms with Gasteiger partial charge in [-0.2, -0.15) is 0 Å². The highest BCUT2D eigenvalue weighted by atomic mass is 16.3. The van der Waals surface area contributed by atoms with E-state index < -0.39 is 12.2 Å². The maximum Gasteiger partial charge on any atom is 0.0938 e. The van der Waals surface area contributed by atoms with Crippen molar-refractivity contribution in [1.29, 1.82) is 0 Å². The second kappa shape index (κ2) is 7.21. The number of nitrogens with one attached hydrogen (secondary N) is 1. The summed E-state index contributed by atoms with van der Waals surface area (Å²) in [6, 6.07) is 0.518. The van der Waals surface area contributed by atoms with Crippen molar-refractivity contribution in [1.82, 2.24) is 10.2 Å². The quantitative estimate of drug-likeness (QED) is 0.667. The molecule has 0 aromatic carbocycles. The molecule has 2 rings (SSSR count). The van der Waals surface area contributed by atoms with Gasteiger partial charge in [0.1, 0.15) is 0 Å². The Labute approximate surface area is 123 Å². The lowest BCUT2D eigenvalue weighted by Gasteiger charge is -2.37. The standard InChI is InChI=1S/C16H32N2O2/c1-13(2)17-11-16(7-5-3-4-6-8-16)12-18-9-14(19)15(20)10-18/h13-15,17,19-20H,3-12H2,1-2H3. The number of aliphatic hydroxyl groups is 2. The summed E-state index contributed by atoms with van der Waals surface area (Å²) >= 11 is 0. The summed E-state index contributed by atoms with van der Waals surface area (Å²) in [5.74, 6) is 0. The average molecular weight is 284 g/mol. The van der Waals surface area contributed by atoms with Gasteiger partial charge in [-0.25, -0.2) is 0 Å². The van der Waals surface area contributed by atoms with Crippen LogP contribution in [0.15, 0.2) is 0 Å². The van der Waals surface area contributed by atoms with Gasteiger partial charge in [0.2, 0.25) is 0 Å². The third-order valence-corrected chi connectivity index (χ3v) is 4.94. The summed E-state index contributed by atoms with van der Waals surface area (Å²) in [7, 11) is 0. The van der Waals surface area contributed by atoms with Gasteiger partial charge < -0.3 is 15.5 Å². The van der Waals surface area contributed by atoms with E-state index in [1.807, 2.05) is 0 Å². The molecule has 1 heterocycles. The number of rotatable bonds is 5. The Bertz CT molecular complexity index is 278. The summed E-state index contributed by atoms with van der Waals surface area (Å²) in [6.45, 7) is 7.74. The van der Waals surface area contributed by atoms with E-state index in [1.54, 1.807) is 0 Å². The van der Waals surface area contributed by atoms with E-state index in [2.05, 4.69) is 24.1 Å². The molecule has 1 saturated heterocycles. The van der Waals surface area contributed by atoms with Gasteiger partial charge in [0, 0.05) is 32.2 Å². The smallest absolute Gasteiger partial charge is 0.0938 e. The summed E-state index contributed by atoms with van der Waals surface area (Å²) < 4.78 is 0. The molecule has 0 aromatic rings. The van der Waals surface area contributed by atoms with Crippen LogP contribution < -0.4 is 5.32 Å². The third kappa shape index (κ3) is 4.42. The molecule has 0 spiro atoms. The minimum Gasteiger partial charge on any atom is -0.389 e. The molecule has 2 aliphatic rings. The molecular formula is C16H32N2O2. The minimum atomic E-state index is -0.559. The maximum absolute atomic E-state index is 9.75. The van der Waals surface area contributed by atoms with Gasteiger partial charge in [-0.15, -0.1) is 0 Å². The summed E-state index contributed by atoms with van der Waals surface area (Å²) in [5, 5.41) is 23.1. The van der Waals surface area contributed by atoms with Gasteiger partial charge >= 0.3 is 0 Å². The van der Waals surface area contributed by atoms with Gasteiger partial charge in [0.15, 0.2) is 0 Å². The molecule has 4 heteroatoms. The lowest BCUT2D eigenvalue weighted by molar-refractivity contribution is 0.0572. The Balaban J connectivity index is 1.97. The van der Waals surface area contributed by atoms with Gasteiger partial charge in [-0.3, -0.25) is 4.90 Å². The fourth-order valence-electron chi connectivity index (χ4n) is 3.74. The summed E-state index contributed by atoms with van der Waals surface area (Å²) in [5.41, 5.74) is 0.324. The lowest BCUT2D eigenvalue weighted by atomic mass is 9.79. The van der Waals surface area contributed by atoms with Crippen molar-refractivity contribution in [2.75, 3.05) is 26.2 Å². The monoisotopic (exact) mass is 284 g/mol. The molecule has 0 amide bonds. The molecule has 2 unspecified atom stereocenters. The Kier molecular flexibility index (Phi) is 5.84. The second-order valence-corrected chi connectivity index (χ2v) is 7.28. The van der Waals surface area contributed by atoms with E-state index in [9.17, 15) is 10.2 Å². The van der Waals surface area contributed by atoms with E-state index in [1.165, 1.54) is 38.5 Å². The Morgan fingerprint density at radius 3 is 2.10 bits per heavy atom. The fraction of sp³-hybridized carbons (Fsp3) is 1.00. The molecule has 3 N–H and O–H groups in total. The largest absolute Gasteiger partial charge is 0.389 e. The normalized spacial score (nSPS) is 31.6. The minimum absolute atomic E-state index is 0.324. The molecular weight excluding hydrogens is 252 g/mol. The van der Waals surface area contributed by atoms with Crippen LogP contribution in [-0.2, 0) is 0 Å². The van der Waals surface area contributed by atoms with E-state index in [-0.39, 0.29) is 0 Å². The number of hydrogen-bond acceptors (Lipinski definition) is 4. The highest BCUT2D eigenvalue weighted by Crippen LogP contribution is 2.36. The van der Waals surface area contributed by atoms with E-state index >= 15 is 0 Å². The van der Waals surface area contributed by atoms with Gasteiger partial charge in [0.25, 0.3) is 0 Å². The Morgan fingerprint density at radius 2 is 1.60 bits per heavy atom. The van der Waals surface area contributed by atoms with Crippen LogP contribution in [0, 0.1) is 5.41 Å². The van der Waals surface area contributed by atoms with Crippen molar-refractivity contribution < 1.29 is 10.2 Å². The number of likely N-dealkylation sites (tertiary alicyclic amines) is 1. The molecule has 0 bridgehead atoms. The van der Waals surface area contributed by atoms with Gasteiger partial charge in [-0.05, 0) is 18.3 Å². The zero-order valence-corrected chi connectivity index (χ0v) is 13.1. The number of β-amino-alcohol motifs (C(OH)–C–C–N with tert-alkyl or cyclic N) is 2. The van der Waals surface area contributed by atoms with Crippen molar-refractivity contribution in [3.8, 4) is 0 Å². The first-order chi connectivity index (χ1) is 9.51. The maximum atomic E-state index is 9.75. The van der Waals surface area contributed by atoms with Crippen LogP contribution in [-0.4, -0.2) is 59.5 Å². The highest BCUT2D eigenvalue weighted by Gasteiger charge is 2.37. The molecule has 20 heavy (non-hydrogen) atoms. The van der Waals surface area contributed by atoms with Crippen LogP contribution >= 0.6 is 0 Å². The molecule has 0 aromatic heterocycles. The predicted octanol–water partition coefficient (Wildman–Crippen LogP) is 1.36. The van der Waals surface area contributed by atoms with Gasteiger partial charge in [0.05, 0.1) is 12.2 Å². The molecule has 1 saturated carbocycles. The lowest BCUT2D eigenvalue weighted by Crippen LogP contribution is -2.45. The van der Waals surface area contributed by atoms with Crippen molar-refractivity contribution >= 4 is 0 Å². The molecule has 1 aliphatic heterocycles. The van der Waals surface area contributed by atoms with Crippen molar-refractivity contribution in [3.05, 3.63) is 0 Å². The molecule has 2 atom stereocenters. The van der Waals surface area contributed by atoms with Crippen molar-refractivity contribution in [2.45, 2.75) is 70.6 Å². The summed E-state index contributed by atoms with van der Waals surface area (Å²) in [6.07, 6.45) is 6.78. The van der Waals surface area contributed by atoms with Crippen molar-refractivity contribution in [3.63, 3.8) is 0 Å². The van der Waals surface area contributed by atoms with E-state index in [0.29, 0.717) is 24.5 Å². The van der Waals surface area contributed by atoms with Crippen LogP contribution in [0.5, 0.6) is 0 Å². The topological polar surface area (TPSA) is 55.7 Å². The molecule has 118 valence electrons. The summed E-state index contributed by atoms with van der Waals surface area (Å²) in [4.78, 5) is 2.27. The SMILES string of the molecule is CC(C)NCC1(CN2CC(O)C(O)C2)CCCCCC1. The Hall–Kier alpha value is -0.160.